The molecule has 0 amide bonds. The normalized spacial score (nSPS) is 28.1. The van der Waals surface area contributed by atoms with Crippen LogP contribution in [0, 0.1) is 17.8 Å². The fourth-order valence-corrected chi connectivity index (χ4v) is 16.8. The second kappa shape index (κ2) is 53.9. The fourth-order valence-electron chi connectivity index (χ4n) is 16.8. The molecule has 6 fully saturated rings. The zero-order chi connectivity index (χ0) is 62.9. The SMILES string of the molecule is CCCCCCCCCCCC(C1CCC(CCC)O1)C1CCC(CCC)O1.CCCCCCCCCCCC(C1CCC(CCCC)O1)C1CCC(CCCC)O1.CCCCCCCCCCCC(C1CCC(CCCC)O1)C1CCC(CCCC)O1. The smallest absolute Gasteiger partial charge is 0.0632 e. The van der Waals surface area contributed by atoms with Gasteiger partial charge in [0.2, 0.25) is 0 Å². The van der Waals surface area contributed by atoms with Crippen LogP contribution >= 0.6 is 0 Å². The van der Waals surface area contributed by atoms with Gasteiger partial charge in [-0.1, -0.05) is 300 Å². The third-order valence-electron chi connectivity index (χ3n) is 22.4. The van der Waals surface area contributed by atoms with E-state index in [0.717, 1.165) is 0 Å². The summed E-state index contributed by atoms with van der Waals surface area (Å²) >= 11 is 0. The largest absolute Gasteiger partial charge is 0.375 e. The van der Waals surface area contributed by atoms with Crippen LogP contribution in [0.15, 0.2) is 0 Å². The molecule has 6 saturated heterocycles. The Morgan fingerprint density at radius 2 is 0.352 bits per heavy atom. The Balaban J connectivity index is 0.000000283. The maximum absolute atomic E-state index is 6.61. The molecule has 0 saturated carbocycles. The Morgan fingerprint density at radius 1 is 0.182 bits per heavy atom. The van der Waals surface area contributed by atoms with Gasteiger partial charge in [-0.05, 0) is 135 Å². The first-order chi connectivity index (χ1) is 43.3. The van der Waals surface area contributed by atoms with Gasteiger partial charge < -0.3 is 28.4 Å². The first kappa shape index (κ1) is 80.2. The topological polar surface area (TPSA) is 55.4 Å². The van der Waals surface area contributed by atoms with E-state index in [1.54, 1.807) is 0 Å². The molecule has 6 aliphatic heterocycles. The highest BCUT2D eigenvalue weighted by molar-refractivity contribution is 4.91. The van der Waals surface area contributed by atoms with Gasteiger partial charge in [-0.25, -0.2) is 0 Å². The summed E-state index contributed by atoms with van der Waals surface area (Å²) in [5, 5.41) is 0. The molecule has 0 radical (unpaired) electrons. The first-order valence-electron chi connectivity index (χ1n) is 41.3. The van der Waals surface area contributed by atoms with Crippen molar-refractivity contribution < 1.29 is 28.4 Å². The minimum atomic E-state index is 0.468. The van der Waals surface area contributed by atoms with Crippen LogP contribution in [0.25, 0.3) is 0 Å². The highest BCUT2D eigenvalue weighted by atomic mass is 16.5. The highest BCUT2D eigenvalue weighted by Crippen LogP contribution is 2.42. The van der Waals surface area contributed by atoms with Crippen molar-refractivity contribution in [3.8, 4) is 0 Å². The molecule has 6 heterocycles. The van der Waals surface area contributed by atoms with Gasteiger partial charge in [-0.2, -0.15) is 0 Å². The van der Waals surface area contributed by atoms with Gasteiger partial charge in [0, 0.05) is 17.8 Å². The van der Waals surface area contributed by atoms with Gasteiger partial charge in [0.15, 0.2) is 0 Å². The predicted molar refractivity (Wildman–Crippen MR) is 381 cm³/mol. The van der Waals surface area contributed by atoms with Crippen molar-refractivity contribution in [2.45, 2.75) is 508 Å². The van der Waals surface area contributed by atoms with Crippen LogP contribution in [0.1, 0.15) is 435 Å². The first-order valence-corrected chi connectivity index (χ1v) is 41.3. The van der Waals surface area contributed by atoms with Crippen LogP contribution in [-0.2, 0) is 28.4 Å². The molecular weight excluding hydrogens is 1080 g/mol. The third-order valence-corrected chi connectivity index (χ3v) is 22.4. The number of rotatable bonds is 52. The van der Waals surface area contributed by atoms with E-state index in [1.165, 1.54) is 372 Å². The fraction of sp³-hybridized carbons (Fsp3) is 1.00. The van der Waals surface area contributed by atoms with Crippen LogP contribution in [0.4, 0.5) is 0 Å². The molecule has 0 aromatic heterocycles. The summed E-state index contributed by atoms with van der Waals surface area (Å²) in [6, 6.07) is 0. The summed E-state index contributed by atoms with van der Waals surface area (Å²) < 4.78 is 39.5. The van der Waals surface area contributed by atoms with Crippen molar-refractivity contribution in [3.63, 3.8) is 0 Å². The Labute approximate surface area is 551 Å². The molecule has 12 unspecified atom stereocenters. The van der Waals surface area contributed by atoms with Crippen molar-refractivity contribution in [2.75, 3.05) is 0 Å². The van der Waals surface area contributed by atoms with Gasteiger partial charge >= 0.3 is 0 Å². The molecule has 6 nitrogen and oxygen atoms in total. The molecule has 0 aliphatic carbocycles. The van der Waals surface area contributed by atoms with E-state index in [2.05, 4.69) is 62.3 Å². The van der Waals surface area contributed by atoms with Crippen molar-refractivity contribution >= 4 is 0 Å². The molecule has 0 bridgehead atoms. The molecule has 88 heavy (non-hydrogen) atoms. The van der Waals surface area contributed by atoms with Crippen molar-refractivity contribution in [1.82, 2.24) is 0 Å². The lowest BCUT2D eigenvalue weighted by Gasteiger charge is -2.29. The average Bonchev–Trinajstić information content (AvgIpc) is 4.46. The molecule has 522 valence electrons. The van der Waals surface area contributed by atoms with Crippen LogP contribution in [0.2, 0.25) is 0 Å². The average molecular weight is 1240 g/mol. The Hall–Kier alpha value is -0.240. The Morgan fingerprint density at radius 3 is 0.534 bits per heavy atom. The minimum absolute atomic E-state index is 0.468. The Bertz CT molecular complexity index is 1360. The molecule has 6 rings (SSSR count). The quantitative estimate of drug-likeness (QED) is 0.0566. The summed E-state index contributed by atoms with van der Waals surface area (Å²) in [5.41, 5.74) is 0. The summed E-state index contributed by atoms with van der Waals surface area (Å²) in [7, 11) is 0. The summed E-state index contributed by atoms with van der Waals surface area (Å²) in [6.45, 7) is 20.6. The standard InChI is InChI=1S/2C28H54O2.C26H50O2/c2*1-4-7-10-11-12-13-14-15-16-19-26(27-22-20-24(29-27)17-8-5-2)28-23-21-25(30-28)18-9-6-3;1-4-7-8-9-10-11-12-13-14-17-24(25-20-18-22(27-25)15-5-2)26-21-19-23(28-26)16-6-3/h2*24-28H,4-23H2,1-3H3;22-26H,4-21H2,1-3H3. The maximum atomic E-state index is 6.61. The van der Waals surface area contributed by atoms with E-state index >= 15 is 0 Å². The maximum Gasteiger partial charge on any atom is 0.0632 e. The molecule has 6 heteroatoms. The van der Waals surface area contributed by atoms with E-state index in [0.29, 0.717) is 91.0 Å². The van der Waals surface area contributed by atoms with Crippen LogP contribution in [0.3, 0.4) is 0 Å². The lowest BCUT2D eigenvalue weighted by molar-refractivity contribution is -0.0652. The number of unbranched alkanes of at least 4 members (excludes halogenated alkanes) is 28. The minimum Gasteiger partial charge on any atom is -0.375 e. The molecular formula is C82H158O6. The van der Waals surface area contributed by atoms with Crippen LogP contribution in [-0.4, -0.2) is 73.2 Å². The molecule has 0 spiro atoms. The number of hydrogen-bond acceptors (Lipinski definition) is 6. The molecule has 12 atom stereocenters. The van der Waals surface area contributed by atoms with Crippen molar-refractivity contribution in [2.24, 2.45) is 17.8 Å². The highest BCUT2D eigenvalue weighted by Gasteiger charge is 2.42. The van der Waals surface area contributed by atoms with Gasteiger partial charge in [0.05, 0.1) is 73.2 Å². The van der Waals surface area contributed by atoms with E-state index in [4.69, 9.17) is 28.4 Å². The number of ether oxygens (including phenoxy) is 6. The van der Waals surface area contributed by atoms with Crippen molar-refractivity contribution in [1.29, 1.82) is 0 Å². The summed E-state index contributed by atoms with van der Waals surface area (Å²) in [6.07, 6.45) is 83.9. The molecule has 0 aromatic carbocycles. The lowest BCUT2D eigenvalue weighted by Crippen LogP contribution is -2.32. The molecule has 6 aliphatic rings. The van der Waals surface area contributed by atoms with Crippen LogP contribution in [0.5, 0.6) is 0 Å². The number of hydrogen-bond donors (Lipinski definition) is 0. The lowest BCUT2D eigenvalue weighted by atomic mass is 9.87. The molecule has 0 N–H and O–H groups in total. The van der Waals surface area contributed by atoms with Gasteiger partial charge in [0.25, 0.3) is 0 Å². The monoisotopic (exact) mass is 1240 g/mol. The zero-order valence-electron chi connectivity index (χ0n) is 61.1. The van der Waals surface area contributed by atoms with E-state index in [1.807, 2.05) is 0 Å². The van der Waals surface area contributed by atoms with E-state index in [9.17, 15) is 0 Å². The summed E-state index contributed by atoms with van der Waals surface area (Å²) in [5.74, 6) is 1.94. The zero-order valence-corrected chi connectivity index (χ0v) is 61.1. The van der Waals surface area contributed by atoms with Gasteiger partial charge in [-0.15, -0.1) is 0 Å². The second-order valence-corrected chi connectivity index (χ2v) is 30.2. The van der Waals surface area contributed by atoms with Crippen LogP contribution < -0.4 is 0 Å². The Kier molecular flexibility index (Phi) is 49.2. The second-order valence-electron chi connectivity index (χ2n) is 30.2. The van der Waals surface area contributed by atoms with E-state index in [-0.39, 0.29) is 0 Å². The van der Waals surface area contributed by atoms with Crippen molar-refractivity contribution in [3.05, 3.63) is 0 Å². The third kappa shape index (κ3) is 35.0. The summed E-state index contributed by atoms with van der Waals surface area (Å²) in [4.78, 5) is 0. The molecule has 0 aromatic rings. The predicted octanol–water partition coefficient (Wildman–Crippen LogP) is 26.2. The van der Waals surface area contributed by atoms with Gasteiger partial charge in [-0.3, -0.25) is 0 Å². The van der Waals surface area contributed by atoms with Gasteiger partial charge in [0.1, 0.15) is 0 Å². The van der Waals surface area contributed by atoms with E-state index < -0.39 is 0 Å².